The lowest BCUT2D eigenvalue weighted by atomic mass is 10.1. The second-order valence-corrected chi connectivity index (χ2v) is 4.72. The number of nitrogens with zero attached hydrogens (tertiary/aromatic N) is 2. The molecule has 0 saturated carbocycles. The van der Waals surface area contributed by atoms with Gasteiger partial charge in [0.2, 0.25) is 0 Å². The third-order valence-electron chi connectivity index (χ3n) is 3.37. The Hall–Kier alpha value is -1.80. The summed E-state index contributed by atoms with van der Waals surface area (Å²) in [6.45, 7) is 2.00. The topological polar surface area (TPSA) is 114 Å². The van der Waals surface area contributed by atoms with Gasteiger partial charge in [-0.05, 0) is 25.9 Å². The number of rotatable bonds is 5. The Balaban J connectivity index is 2.24. The second-order valence-electron chi connectivity index (χ2n) is 4.72. The van der Waals surface area contributed by atoms with Gasteiger partial charge in [-0.15, -0.1) is 0 Å². The molecule has 0 amide bonds. The van der Waals surface area contributed by atoms with Crippen LogP contribution in [0.3, 0.4) is 0 Å². The Bertz CT molecular complexity index is 468. The zero-order chi connectivity index (χ0) is 14.5. The Morgan fingerprint density at radius 3 is 2.90 bits per heavy atom. The van der Waals surface area contributed by atoms with Crippen molar-refractivity contribution in [3.8, 4) is 0 Å². The molecular formula is C12H21N5O3. The predicted molar refractivity (Wildman–Crippen MR) is 74.6 cm³/mol. The number of hydrogen-bond donors (Lipinski definition) is 4. The van der Waals surface area contributed by atoms with Crippen molar-refractivity contribution in [2.75, 3.05) is 37.9 Å². The van der Waals surface area contributed by atoms with Crippen LogP contribution in [0.25, 0.3) is 0 Å². The first-order valence-electron chi connectivity index (χ1n) is 6.70. The number of esters is 1. The fourth-order valence-electron chi connectivity index (χ4n) is 2.30. The Morgan fingerprint density at radius 2 is 2.30 bits per heavy atom. The first-order valence-corrected chi connectivity index (χ1v) is 6.70. The average molecular weight is 283 g/mol. The molecule has 1 aliphatic heterocycles. The van der Waals surface area contributed by atoms with Gasteiger partial charge < -0.3 is 26.2 Å². The van der Waals surface area contributed by atoms with Crippen molar-refractivity contribution in [1.82, 2.24) is 15.1 Å². The standard InChI is InChI=1S/C12H21N5O3/c1-20-12(19)9-10(13)17(6-7-18)16-11(9)15-8-2-4-14-5-3-8/h8,14,18H,2-7,13H2,1H3,(H,15,16). The number of methoxy groups -OCH3 is 1. The highest BCUT2D eigenvalue weighted by Gasteiger charge is 2.25. The van der Waals surface area contributed by atoms with Gasteiger partial charge in [-0.25, -0.2) is 9.48 Å². The minimum absolute atomic E-state index is 0.0979. The van der Waals surface area contributed by atoms with E-state index in [4.69, 9.17) is 15.6 Å². The smallest absolute Gasteiger partial charge is 0.345 e. The number of nitrogen functional groups attached to an aromatic ring is 1. The van der Waals surface area contributed by atoms with Gasteiger partial charge in [0.1, 0.15) is 11.4 Å². The van der Waals surface area contributed by atoms with Crippen LogP contribution in [0.4, 0.5) is 11.6 Å². The predicted octanol–water partition coefficient (Wildman–Crippen LogP) is -0.592. The van der Waals surface area contributed by atoms with E-state index >= 15 is 0 Å². The molecule has 0 radical (unpaired) electrons. The zero-order valence-corrected chi connectivity index (χ0v) is 11.6. The summed E-state index contributed by atoms with van der Waals surface area (Å²) in [4.78, 5) is 11.8. The van der Waals surface area contributed by atoms with E-state index in [1.54, 1.807) is 0 Å². The third kappa shape index (κ3) is 3.02. The fourth-order valence-corrected chi connectivity index (χ4v) is 2.30. The SMILES string of the molecule is COC(=O)c1c(NC2CCNCC2)nn(CCO)c1N. The minimum atomic E-state index is -0.525. The summed E-state index contributed by atoms with van der Waals surface area (Å²) in [7, 11) is 1.31. The summed E-state index contributed by atoms with van der Waals surface area (Å²) in [6, 6.07) is 0.247. The molecule has 1 fully saturated rings. The molecular weight excluding hydrogens is 262 g/mol. The minimum Gasteiger partial charge on any atom is -0.465 e. The van der Waals surface area contributed by atoms with Crippen LogP contribution in [0.15, 0.2) is 0 Å². The zero-order valence-electron chi connectivity index (χ0n) is 11.6. The van der Waals surface area contributed by atoms with E-state index < -0.39 is 5.97 Å². The highest BCUT2D eigenvalue weighted by atomic mass is 16.5. The van der Waals surface area contributed by atoms with Crippen LogP contribution in [0.1, 0.15) is 23.2 Å². The Morgan fingerprint density at radius 1 is 1.60 bits per heavy atom. The molecule has 0 atom stereocenters. The highest BCUT2D eigenvalue weighted by Crippen LogP contribution is 2.24. The monoisotopic (exact) mass is 283 g/mol. The van der Waals surface area contributed by atoms with Crippen molar-refractivity contribution in [2.24, 2.45) is 0 Å². The number of carbonyl (C=O) groups excluding carboxylic acids is 1. The molecule has 1 aliphatic rings. The van der Waals surface area contributed by atoms with E-state index in [0.29, 0.717) is 5.82 Å². The van der Waals surface area contributed by atoms with Gasteiger partial charge in [0.25, 0.3) is 0 Å². The molecule has 1 aromatic rings. The number of aliphatic hydroxyl groups excluding tert-OH is 1. The van der Waals surface area contributed by atoms with Crippen LogP contribution in [-0.2, 0) is 11.3 Å². The lowest BCUT2D eigenvalue weighted by molar-refractivity contribution is 0.0603. The molecule has 2 rings (SSSR count). The second kappa shape index (κ2) is 6.58. The highest BCUT2D eigenvalue weighted by molar-refractivity contribution is 5.99. The van der Waals surface area contributed by atoms with Crippen molar-refractivity contribution in [3.05, 3.63) is 5.56 Å². The van der Waals surface area contributed by atoms with E-state index in [2.05, 4.69) is 15.7 Å². The number of carbonyl (C=O) groups is 1. The molecule has 112 valence electrons. The number of anilines is 2. The maximum atomic E-state index is 11.8. The summed E-state index contributed by atoms with van der Waals surface area (Å²) in [5.41, 5.74) is 6.14. The van der Waals surface area contributed by atoms with Crippen LogP contribution in [-0.4, -0.2) is 53.7 Å². The molecule has 0 unspecified atom stereocenters. The molecule has 1 saturated heterocycles. The summed E-state index contributed by atoms with van der Waals surface area (Å²) < 4.78 is 6.16. The molecule has 0 spiro atoms. The molecule has 0 bridgehead atoms. The molecule has 8 heteroatoms. The third-order valence-corrected chi connectivity index (χ3v) is 3.37. The number of nitrogens with one attached hydrogen (secondary N) is 2. The van der Waals surface area contributed by atoms with Crippen LogP contribution in [0.5, 0.6) is 0 Å². The van der Waals surface area contributed by atoms with Gasteiger partial charge in [-0.2, -0.15) is 5.10 Å². The number of piperidine rings is 1. The lowest BCUT2D eigenvalue weighted by Crippen LogP contribution is -2.35. The summed E-state index contributed by atoms with van der Waals surface area (Å²) in [5.74, 6) is 0.111. The molecule has 0 aromatic carbocycles. The fraction of sp³-hybridized carbons (Fsp3) is 0.667. The van der Waals surface area contributed by atoms with E-state index in [-0.39, 0.29) is 30.6 Å². The van der Waals surface area contributed by atoms with Crippen LogP contribution in [0.2, 0.25) is 0 Å². The van der Waals surface area contributed by atoms with Gasteiger partial charge in [0.15, 0.2) is 5.82 Å². The normalized spacial score (nSPS) is 16.1. The van der Waals surface area contributed by atoms with Crippen molar-refractivity contribution in [2.45, 2.75) is 25.4 Å². The molecule has 2 heterocycles. The van der Waals surface area contributed by atoms with E-state index in [1.165, 1.54) is 11.8 Å². The van der Waals surface area contributed by atoms with Gasteiger partial charge in [-0.3, -0.25) is 0 Å². The van der Waals surface area contributed by atoms with Crippen LogP contribution >= 0.6 is 0 Å². The van der Waals surface area contributed by atoms with E-state index in [9.17, 15) is 4.79 Å². The maximum Gasteiger partial charge on any atom is 0.345 e. The van der Waals surface area contributed by atoms with Gasteiger partial charge in [0.05, 0.1) is 20.3 Å². The van der Waals surface area contributed by atoms with Gasteiger partial charge >= 0.3 is 5.97 Å². The number of aromatic nitrogens is 2. The number of aliphatic hydroxyl groups is 1. The van der Waals surface area contributed by atoms with Crippen LogP contribution < -0.4 is 16.4 Å². The van der Waals surface area contributed by atoms with Crippen molar-refractivity contribution in [3.63, 3.8) is 0 Å². The average Bonchev–Trinajstić information content (AvgIpc) is 2.76. The molecule has 1 aromatic heterocycles. The summed E-state index contributed by atoms with van der Waals surface area (Å²) in [5, 5.41) is 19.8. The Labute approximate surface area is 117 Å². The first-order chi connectivity index (χ1) is 9.67. The number of hydrogen-bond acceptors (Lipinski definition) is 7. The van der Waals surface area contributed by atoms with Crippen molar-refractivity contribution < 1.29 is 14.6 Å². The van der Waals surface area contributed by atoms with E-state index in [0.717, 1.165) is 25.9 Å². The summed E-state index contributed by atoms with van der Waals surface area (Å²) >= 11 is 0. The molecule has 0 aliphatic carbocycles. The van der Waals surface area contributed by atoms with Crippen molar-refractivity contribution in [1.29, 1.82) is 0 Å². The molecule has 20 heavy (non-hydrogen) atoms. The maximum absolute atomic E-state index is 11.8. The van der Waals surface area contributed by atoms with Crippen LogP contribution in [0, 0.1) is 0 Å². The number of ether oxygens (including phenoxy) is 1. The number of nitrogens with two attached hydrogens (primary N) is 1. The lowest BCUT2D eigenvalue weighted by Gasteiger charge is -2.23. The largest absolute Gasteiger partial charge is 0.465 e. The quantitative estimate of drug-likeness (QED) is 0.534. The Kier molecular flexibility index (Phi) is 4.80. The first kappa shape index (κ1) is 14.6. The summed E-state index contributed by atoms with van der Waals surface area (Å²) in [6.07, 6.45) is 1.90. The van der Waals surface area contributed by atoms with Crippen molar-refractivity contribution >= 4 is 17.6 Å². The van der Waals surface area contributed by atoms with E-state index in [1.807, 2.05) is 0 Å². The molecule has 5 N–H and O–H groups in total. The molecule has 8 nitrogen and oxygen atoms in total. The van der Waals surface area contributed by atoms with Gasteiger partial charge in [0, 0.05) is 6.04 Å². The van der Waals surface area contributed by atoms with Gasteiger partial charge in [-0.1, -0.05) is 0 Å².